The van der Waals surface area contributed by atoms with Crippen LogP contribution in [-0.4, -0.2) is 26.2 Å². The summed E-state index contributed by atoms with van der Waals surface area (Å²) in [7, 11) is -3.57. The molecule has 1 aromatic rings. The van der Waals surface area contributed by atoms with Gasteiger partial charge in [0.1, 0.15) is 4.90 Å². The third kappa shape index (κ3) is 3.74. The molecule has 2 rings (SSSR count). The SMILES string of the molecule is CC1CC1NS(=O)(=O)c1ccc(C#CCCO)cc1Cl. The van der Waals surface area contributed by atoms with E-state index in [2.05, 4.69) is 16.6 Å². The van der Waals surface area contributed by atoms with Crippen LogP contribution in [0.15, 0.2) is 23.1 Å². The molecular formula is C14H16ClNO3S. The van der Waals surface area contributed by atoms with Gasteiger partial charge in [-0.2, -0.15) is 0 Å². The van der Waals surface area contributed by atoms with Crippen molar-refractivity contribution in [2.24, 2.45) is 5.92 Å². The monoisotopic (exact) mass is 313 g/mol. The van der Waals surface area contributed by atoms with Crippen LogP contribution in [0.4, 0.5) is 0 Å². The maximum absolute atomic E-state index is 12.2. The van der Waals surface area contributed by atoms with Gasteiger partial charge in [0.2, 0.25) is 10.0 Å². The first kappa shape index (κ1) is 15.3. The highest BCUT2D eigenvalue weighted by Crippen LogP contribution is 2.32. The van der Waals surface area contributed by atoms with Crippen LogP contribution in [-0.2, 0) is 10.0 Å². The number of sulfonamides is 1. The Hall–Kier alpha value is -1.06. The quantitative estimate of drug-likeness (QED) is 0.832. The Balaban J connectivity index is 2.19. The maximum atomic E-state index is 12.2. The highest BCUT2D eigenvalue weighted by molar-refractivity contribution is 7.89. The molecule has 0 aliphatic heterocycles. The predicted octanol–water partition coefficient (Wildman–Crippen LogP) is 1.76. The standard InChI is InChI=1S/C14H16ClNO3S/c1-10-8-13(10)16-20(18,19)14-6-5-11(9-12(14)15)4-2-3-7-17/h5-6,9-10,13,16-17H,3,7-8H2,1H3. The van der Waals surface area contributed by atoms with E-state index in [4.69, 9.17) is 16.7 Å². The fourth-order valence-corrected chi connectivity index (χ4v) is 3.67. The molecule has 20 heavy (non-hydrogen) atoms. The molecule has 0 amide bonds. The van der Waals surface area contributed by atoms with Crippen LogP contribution in [0.3, 0.4) is 0 Å². The maximum Gasteiger partial charge on any atom is 0.242 e. The molecule has 0 bridgehead atoms. The Kier molecular flexibility index (Phi) is 4.71. The Morgan fingerprint density at radius 3 is 2.75 bits per heavy atom. The molecule has 2 N–H and O–H groups in total. The fraction of sp³-hybridized carbons (Fsp3) is 0.429. The minimum Gasteiger partial charge on any atom is -0.395 e. The number of hydrogen-bond acceptors (Lipinski definition) is 3. The van der Waals surface area contributed by atoms with Gasteiger partial charge in [-0.25, -0.2) is 13.1 Å². The van der Waals surface area contributed by atoms with Gasteiger partial charge >= 0.3 is 0 Å². The van der Waals surface area contributed by atoms with Crippen molar-refractivity contribution in [3.63, 3.8) is 0 Å². The van der Waals surface area contributed by atoms with E-state index in [9.17, 15) is 8.42 Å². The molecule has 1 fully saturated rings. The third-order valence-corrected chi connectivity index (χ3v) is 5.08. The normalized spacial score (nSPS) is 21.1. The van der Waals surface area contributed by atoms with Crippen molar-refractivity contribution in [1.82, 2.24) is 4.72 Å². The van der Waals surface area contributed by atoms with Gasteiger partial charge in [0.25, 0.3) is 0 Å². The van der Waals surface area contributed by atoms with Gasteiger partial charge in [-0.3, -0.25) is 0 Å². The minimum absolute atomic E-state index is 0.00329. The predicted molar refractivity (Wildman–Crippen MR) is 77.9 cm³/mol. The van der Waals surface area contributed by atoms with E-state index in [1.165, 1.54) is 12.1 Å². The van der Waals surface area contributed by atoms with E-state index in [0.717, 1.165) is 6.42 Å². The number of aliphatic hydroxyl groups excluding tert-OH is 1. The second kappa shape index (κ2) is 6.15. The molecule has 1 aliphatic rings. The largest absolute Gasteiger partial charge is 0.395 e. The van der Waals surface area contributed by atoms with Crippen molar-refractivity contribution in [2.45, 2.75) is 30.7 Å². The molecule has 0 saturated heterocycles. The molecule has 1 saturated carbocycles. The van der Waals surface area contributed by atoms with Gasteiger partial charge in [-0.05, 0) is 30.5 Å². The number of nitrogens with one attached hydrogen (secondary N) is 1. The van der Waals surface area contributed by atoms with Gasteiger partial charge in [0.05, 0.1) is 11.6 Å². The van der Waals surface area contributed by atoms with Crippen molar-refractivity contribution in [3.05, 3.63) is 28.8 Å². The molecule has 2 unspecified atom stereocenters. The first-order valence-corrected chi connectivity index (χ1v) is 8.22. The van der Waals surface area contributed by atoms with E-state index in [1.54, 1.807) is 6.07 Å². The summed E-state index contributed by atoms with van der Waals surface area (Å²) in [4.78, 5) is 0.0750. The lowest BCUT2D eigenvalue weighted by atomic mass is 10.2. The molecule has 1 aromatic carbocycles. The lowest BCUT2D eigenvalue weighted by Gasteiger charge is -2.08. The summed E-state index contributed by atoms with van der Waals surface area (Å²) < 4.78 is 26.9. The average molecular weight is 314 g/mol. The van der Waals surface area contributed by atoms with Gasteiger partial charge < -0.3 is 5.11 Å². The Morgan fingerprint density at radius 2 is 2.20 bits per heavy atom. The lowest BCUT2D eigenvalue weighted by molar-refractivity contribution is 0.305. The van der Waals surface area contributed by atoms with Crippen LogP contribution in [0.1, 0.15) is 25.3 Å². The Labute approximate surface area is 124 Å². The van der Waals surface area contributed by atoms with Crippen molar-refractivity contribution < 1.29 is 13.5 Å². The van der Waals surface area contributed by atoms with E-state index < -0.39 is 10.0 Å². The molecule has 4 nitrogen and oxygen atoms in total. The van der Waals surface area contributed by atoms with Gasteiger partial charge in [0, 0.05) is 18.0 Å². The van der Waals surface area contributed by atoms with Crippen molar-refractivity contribution in [2.75, 3.05) is 6.61 Å². The summed E-state index contributed by atoms with van der Waals surface area (Å²) in [6, 6.07) is 4.61. The molecule has 0 radical (unpaired) electrons. The van der Waals surface area contributed by atoms with Crippen LogP contribution in [0.5, 0.6) is 0 Å². The highest BCUT2D eigenvalue weighted by Gasteiger charge is 2.36. The van der Waals surface area contributed by atoms with E-state index in [1.807, 2.05) is 6.92 Å². The molecule has 6 heteroatoms. The van der Waals surface area contributed by atoms with Crippen LogP contribution in [0.2, 0.25) is 5.02 Å². The van der Waals surface area contributed by atoms with Gasteiger partial charge in [0.15, 0.2) is 0 Å². The summed E-state index contributed by atoms with van der Waals surface area (Å²) >= 11 is 6.03. The lowest BCUT2D eigenvalue weighted by Crippen LogP contribution is -2.27. The average Bonchev–Trinajstić information content (AvgIpc) is 3.04. The number of hydrogen-bond donors (Lipinski definition) is 2. The molecule has 0 spiro atoms. The minimum atomic E-state index is -3.57. The summed E-state index contributed by atoms with van der Waals surface area (Å²) in [5.74, 6) is 5.96. The third-order valence-electron chi connectivity index (χ3n) is 3.11. The molecule has 108 valence electrons. The second-order valence-electron chi connectivity index (χ2n) is 4.86. The van der Waals surface area contributed by atoms with Crippen LogP contribution >= 0.6 is 11.6 Å². The zero-order valence-electron chi connectivity index (χ0n) is 11.1. The van der Waals surface area contributed by atoms with Crippen molar-refractivity contribution >= 4 is 21.6 Å². The first-order chi connectivity index (χ1) is 9.44. The summed E-state index contributed by atoms with van der Waals surface area (Å²) in [5, 5.41) is 8.80. The Morgan fingerprint density at radius 1 is 1.50 bits per heavy atom. The fourth-order valence-electron chi connectivity index (χ4n) is 1.77. The van der Waals surface area contributed by atoms with Crippen molar-refractivity contribution in [1.29, 1.82) is 0 Å². The van der Waals surface area contributed by atoms with E-state index in [-0.39, 0.29) is 22.6 Å². The molecule has 1 aliphatic carbocycles. The van der Waals surface area contributed by atoms with Crippen LogP contribution in [0.25, 0.3) is 0 Å². The zero-order chi connectivity index (χ0) is 14.8. The zero-order valence-corrected chi connectivity index (χ0v) is 12.6. The van der Waals surface area contributed by atoms with Gasteiger partial charge in [-0.1, -0.05) is 30.4 Å². The number of rotatable bonds is 4. The van der Waals surface area contributed by atoms with Gasteiger partial charge in [-0.15, -0.1) is 0 Å². The number of benzene rings is 1. The molecule has 2 atom stereocenters. The Bertz CT molecular complexity index is 661. The molecular weight excluding hydrogens is 298 g/mol. The van der Waals surface area contributed by atoms with Crippen LogP contribution in [0, 0.1) is 17.8 Å². The number of aliphatic hydroxyl groups is 1. The van der Waals surface area contributed by atoms with E-state index in [0.29, 0.717) is 17.9 Å². The molecule has 0 heterocycles. The van der Waals surface area contributed by atoms with Crippen LogP contribution < -0.4 is 4.72 Å². The summed E-state index contributed by atoms with van der Waals surface area (Å²) in [6.45, 7) is 1.99. The number of halogens is 1. The molecule has 0 aromatic heterocycles. The summed E-state index contributed by atoms with van der Waals surface area (Å²) in [6.07, 6.45) is 1.24. The smallest absolute Gasteiger partial charge is 0.242 e. The van der Waals surface area contributed by atoms with Crippen molar-refractivity contribution in [3.8, 4) is 11.8 Å². The second-order valence-corrected chi connectivity index (χ2v) is 6.95. The first-order valence-electron chi connectivity index (χ1n) is 6.35. The topological polar surface area (TPSA) is 66.4 Å². The summed E-state index contributed by atoms with van der Waals surface area (Å²) in [5.41, 5.74) is 0.627. The highest BCUT2D eigenvalue weighted by atomic mass is 35.5. The van der Waals surface area contributed by atoms with E-state index >= 15 is 0 Å².